The first-order chi connectivity index (χ1) is 18.0. The number of benzene rings is 1. The van der Waals surface area contributed by atoms with Gasteiger partial charge in [0.25, 0.3) is 0 Å². The van der Waals surface area contributed by atoms with Gasteiger partial charge in [-0.05, 0) is 68.9 Å². The predicted octanol–water partition coefficient (Wildman–Crippen LogP) is 6.55. The molecule has 0 saturated carbocycles. The van der Waals surface area contributed by atoms with Crippen LogP contribution in [0.4, 0.5) is 0 Å². The number of aromatic nitrogens is 3. The first kappa shape index (κ1) is 29.2. The third-order valence-corrected chi connectivity index (χ3v) is 12.5. The van der Waals surface area contributed by atoms with E-state index in [2.05, 4.69) is 52.1 Å². The predicted molar refractivity (Wildman–Crippen MR) is 154 cm³/mol. The lowest BCUT2D eigenvalue weighted by Gasteiger charge is -2.36. The van der Waals surface area contributed by atoms with E-state index >= 15 is 0 Å². The van der Waals surface area contributed by atoms with E-state index in [-0.39, 0.29) is 17.4 Å². The van der Waals surface area contributed by atoms with Gasteiger partial charge in [-0.2, -0.15) is 5.10 Å². The number of aliphatic hydroxyl groups is 1. The number of rotatable bonds is 12. The van der Waals surface area contributed by atoms with Gasteiger partial charge >= 0.3 is 0 Å². The van der Waals surface area contributed by atoms with Crippen molar-refractivity contribution in [1.29, 1.82) is 0 Å². The van der Waals surface area contributed by atoms with Crippen molar-refractivity contribution in [2.45, 2.75) is 90.4 Å². The number of fused-ring (bicyclic) bond motifs is 1. The van der Waals surface area contributed by atoms with Crippen LogP contribution in [-0.4, -0.2) is 60.7 Å². The average molecular weight is 562 g/mol. The molecule has 1 aliphatic rings. The lowest BCUT2D eigenvalue weighted by atomic mass is 10.1. The van der Waals surface area contributed by atoms with E-state index in [0.29, 0.717) is 32.8 Å². The fourth-order valence-electron chi connectivity index (χ4n) is 4.08. The van der Waals surface area contributed by atoms with Crippen molar-refractivity contribution < 1.29 is 23.7 Å². The smallest absolute Gasteiger partial charge is 0.250 e. The van der Waals surface area contributed by atoms with Crippen molar-refractivity contribution in [3.8, 4) is 17.1 Å². The molecule has 0 radical (unpaired) electrons. The van der Waals surface area contributed by atoms with Crippen molar-refractivity contribution in [2.75, 3.05) is 26.4 Å². The van der Waals surface area contributed by atoms with Crippen LogP contribution in [0.3, 0.4) is 0 Å². The second kappa shape index (κ2) is 12.6. The second-order valence-electron chi connectivity index (χ2n) is 11.6. The van der Waals surface area contributed by atoms with Gasteiger partial charge in [-0.25, -0.2) is 9.67 Å². The minimum Gasteiger partial charge on any atom is -0.543 e. The summed E-state index contributed by atoms with van der Waals surface area (Å²) < 4.78 is 26.0. The van der Waals surface area contributed by atoms with Crippen LogP contribution in [0.1, 0.15) is 64.6 Å². The second-order valence-corrected chi connectivity index (χ2v) is 17.3. The molecule has 1 unspecified atom stereocenters. The summed E-state index contributed by atoms with van der Waals surface area (Å²) >= 11 is 1.57. The quantitative estimate of drug-likeness (QED) is 0.198. The zero-order valence-electron chi connectivity index (χ0n) is 23.7. The van der Waals surface area contributed by atoms with Crippen LogP contribution < -0.4 is 4.43 Å². The van der Waals surface area contributed by atoms with Crippen LogP contribution in [0.15, 0.2) is 23.6 Å². The van der Waals surface area contributed by atoms with Crippen LogP contribution in [-0.2, 0) is 20.8 Å². The van der Waals surface area contributed by atoms with Crippen molar-refractivity contribution in [3.05, 3.63) is 28.6 Å². The summed E-state index contributed by atoms with van der Waals surface area (Å²) in [6.45, 7) is 15.7. The SMILES string of the molecule is C[C@@H](O)CCOCCOCc1nc(-c2nn(C3CCCCO3)c3ccc(O[Si](C)(C)C(C)(C)C)cc23)cs1. The molecule has 210 valence electrons. The van der Waals surface area contributed by atoms with Gasteiger partial charge in [-0.15, -0.1) is 11.3 Å². The monoisotopic (exact) mass is 561 g/mol. The van der Waals surface area contributed by atoms with Crippen LogP contribution in [0, 0.1) is 0 Å². The first-order valence-corrected chi connectivity index (χ1v) is 17.4. The van der Waals surface area contributed by atoms with Gasteiger partial charge in [0.1, 0.15) is 22.1 Å². The van der Waals surface area contributed by atoms with E-state index < -0.39 is 8.32 Å². The highest BCUT2D eigenvalue weighted by Gasteiger charge is 2.39. The van der Waals surface area contributed by atoms with Gasteiger partial charge in [0.15, 0.2) is 6.23 Å². The van der Waals surface area contributed by atoms with Crippen molar-refractivity contribution in [1.82, 2.24) is 14.8 Å². The fourth-order valence-corrected chi connectivity index (χ4v) is 5.81. The first-order valence-electron chi connectivity index (χ1n) is 13.7. The van der Waals surface area contributed by atoms with Gasteiger partial charge in [0.2, 0.25) is 8.32 Å². The molecule has 2 aromatic heterocycles. The third kappa shape index (κ3) is 7.22. The molecule has 8 nitrogen and oxygen atoms in total. The molecular weight excluding hydrogens is 518 g/mol. The highest BCUT2D eigenvalue weighted by Crippen LogP contribution is 2.40. The van der Waals surface area contributed by atoms with Gasteiger partial charge in [0, 0.05) is 24.0 Å². The molecule has 3 aromatic rings. The summed E-state index contributed by atoms with van der Waals surface area (Å²) in [5.41, 5.74) is 2.72. The van der Waals surface area contributed by atoms with Gasteiger partial charge in [-0.1, -0.05) is 20.8 Å². The number of thiazole rings is 1. The van der Waals surface area contributed by atoms with Crippen molar-refractivity contribution in [2.24, 2.45) is 0 Å². The Morgan fingerprint density at radius 3 is 2.68 bits per heavy atom. The molecule has 0 spiro atoms. The summed E-state index contributed by atoms with van der Waals surface area (Å²) in [5.74, 6) is 0.879. The molecule has 0 amide bonds. The topological polar surface area (TPSA) is 87.9 Å². The van der Waals surface area contributed by atoms with Gasteiger partial charge < -0.3 is 23.7 Å². The Labute approximate surface area is 231 Å². The van der Waals surface area contributed by atoms with Crippen LogP contribution in [0.25, 0.3) is 22.3 Å². The minimum atomic E-state index is -1.99. The molecule has 0 aliphatic carbocycles. The minimum absolute atomic E-state index is 0.0672. The molecule has 1 aliphatic heterocycles. The molecule has 1 aromatic carbocycles. The van der Waals surface area contributed by atoms with Gasteiger partial charge in [-0.3, -0.25) is 0 Å². The summed E-state index contributed by atoms with van der Waals surface area (Å²) in [6.07, 6.45) is 3.40. The van der Waals surface area contributed by atoms with E-state index in [1.54, 1.807) is 18.3 Å². The summed E-state index contributed by atoms with van der Waals surface area (Å²) in [5, 5.41) is 18.4. The third-order valence-electron chi connectivity index (χ3n) is 7.36. The highest BCUT2D eigenvalue weighted by atomic mass is 32.1. The Balaban J connectivity index is 1.54. The fraction of sp³-hybridized carbons (Fsp3) is 0.643. The van der Waals surface area contributed by atoms with Crippen LogP contribution >= 0.6 is 11.3 Å². The van der Waals surface area contributed by atoms with Crippen molar-refractivity contribution >= 4 is 30.6 Å². The van der Waals surface area contributed by atoms with E-state index in [4.69, 9.17) is 28.7 Å². The Morgan fingerprint density at radius 2 is 1.97 bits per heavy atom. The summed E-state index contributed by atoms with van der Waals surface area (Å²) in [4.78, 5) is 4.86. The van der Waals surface area contributed by atoms with E-state index in [0.717, 1.165) is 58.9 Å². The number of aliphatic hydroxyl groups excluding tert-OH is 1. The van der Waals surface area contributed by atoms with Gasteiger partial charge in [0.05, 0.1) is 31.4 Å². The molecule has 1 N–H and O–H groups in total. The highest BCUT2D eigenvalue weighted by molar-refractivity contribution is 7.09. The number of hydrogen-bond donors (Lipinski definition) is 1. The molecule has 0 bridgehead atoms. The molecular formula is C28H43N3O5SSi. The zero-order valence-corrected chi connectivity index (χ0v) is 25.5. The molecule has 3 heterocycles. The maximum absolute atomic E-state index is 9.30. The van der Waals surface area contributed by atoms with Crippen LogP contribution in [0.5, 0.6) is 5.75 Å². The maximum atomic E-state index is 9.30. The molecule has 1 fully saturated rings. The summed E-state index contributed by atoms with van der Waals surface area (Å²) in [7, 11) is -1.99. The molecule has 10 heteroatoms. The lowest BCUT2D eigenvalue weighted by molar-refractivity contribution is -0.0365. The average Bonchev–Trinajstić information content (AvgIpc) is 3.47. The van der Waals surface area contributed by atoms with Crippen LogP contribution in [0.2, 0.25) is 18.1 Å². The summed E-state index contributed by atoms with van der Waals surface area (Å²) in [6, 6.07) is 6.30. The Kier molecular flexibility index (Phi) is 9.65. The van der Waals surface area contributed by atoms with Crippen molar-refractivity contribution in [3.63, 3.8) is 0 Å². The molecule has 4 rings (SSSR count). The largest absolute Gasteiger partial charge is 0.543 e. The number of hydrogen-bond acceptors (Lipinski definition) is 8. The standard InChI is InChI=1S/C28H43N3O5SSi/c1-20(32)12-14-33-15-16-34-18-25-29-23(19-37-25)27-22-17-21(36-38(5,6)28(2,3)4)10-11-24(22)31(30-27)26-9-7-8-13-35-26/h10-11,17,19-20,26,32H,7-9,12-16,18H2,1-6H3/t20-,26?/m1/s1. The Morgan fingerprint density at radius 1 is 1.18 bits per heavy atom. The van der Waals surface area contributed by atoms with E-state index in [1.807, 2.05) is 10.1 Å². The maximum Gasteiger partial charge on any atom is 0.250 e. The normalized spacial score (nSPS) is 17.7. The molecule has 1 saturated heterocycles. The number of ether oxygens (including phenoxy) is 3. The lowest BCUT2D eigenvalue weighted by Crippen LogP contribution is -2.43. The van der Waals surface area contributed by atoms with E-state index in [1.165, 1.54) is 0 Å². The zero-order chi connectivity index (χ0) is 27.3. The number of nitrogens with zero attached hydrogens (tertiary/aromatic N) is 3. The Bertz CT molecular complexity index is 1180. The molecule has 2 atom stereocenters. The van der Waals surface area contributed by atoms with E-state index in [9.17, 15) is 5.11 Å². The Hall–Kier alpha value is -1.82. The molecule has 38 heavy (non-hydrogen) atoms.